The number of carbonyl (C=O) groups is 1. The summed E-state index contributed by atoms with van der Waals surface area (Å²) in [6.07, 6.45) is 2.10. The van der Waals surface area contributed by atoms with Crippen molar-refractivity contribution in [2.45, 2.75) is 17.1 Å². The molecule has 3 aromatic rings. The fraction of sp³-hybridized carbons (Fsp3) is 0.364. The van der Waals surface area contributed by atoms with E-state index < -0.39 is 9.84 Å². The molecule has 1 aromatic heterocycles. The fourth-order valence-electron chi connectivity index (χ4n) is 3.60. The number of thioether (sulfide) groups is 1. The van der Waals surface area contributed by atoms with Gasteiger partial charge in [-0.1, -0.05) is 41.7 Å². The highest BCUT2D eigenvalue weighted by Crippen LogP contribution is 2.32. The Morgan fingerprint density at radius 3 is 2.55 bits per heavy atom. The summed E-state index contributed by atoms with van der Waals surface area (Å²) >= 11 is 3.39. The van der Waals surface area contributed by atoms with Crippen LogP contribution in [0.5, 0.6) is 0 Å². The molecule has 0 unspecified atom stereocenters. The first-order chi connectivity index (χ1) is 14.9. The Balaban J connectivity index is 1.29. The summed E-state index contributed by atoms with van der Waals surface area (Å²) < 4.78 is 25.9. The molecule has 0 radical (unpaired) electrons. The maximum atomic E-state index is 12.6. The molecule has 164 valence electrons. The van der Waals surface area contributed by atoms with Gasteiger partial charge in [0.05, 0.1) is 21.7 Å². The van der Waals surface area contributed by atoms with Gasteiger partial charge in [-0.05, 0) is 30.0 Å². The SMILES string of the molecule is CSc1ccc2nc(N3CCN(C(=O)CCS(=O)(=O)Cc4ccccc4)CC3)sc2c1. The van der Waals surface area contributed by atoms with E-state index in [4.69, 9.17) is 4.98 Å². The smallest absolute Gasteiger partial charge is 0.223 e. The van der Waals surface area contributed by atoms with Gasteiger partial charge in [0.1, 0.15) is 0 Å². The number of amides is 1. The van der Waals surface area contributed by atoms with Crippen LogP contribution in [0.15, 0.2) is 53.4 Å². The number of nitrogens with zero attached hydrogens (tertiary/aromatic N) is 3. The Kier molecular flexibility index (Phi) is 6.83. The molecule has 6 nitrogen and oxygen atoms in total. The van der Waals surface area contributed by atoms with Crippen LogP contribution in [0.3, 0.4) is 0 Å². The standard InChI is InChI=1S/C22H25N3O3S3/c1-29-18-7-8-19-20(15-18)30-22(23-19)25-12-10-24(11-13-25)21(26)9-14-31(27,28)16-17-5-3-2-4-6-17/h2-8,15H,9-14,16H2,1H3. The van der Waals surface area contributed by atoms with Gasteiger partial charge in [-0.3, -0.25) is 4.79 Å². The average molecular weight is 476 g/mol. The van der Waals surface area contributed by atoms with Crippen molar-refractivity contribution in [3.05, 3.63) is 54.1 Å². The minimum absolute atomic E-state index is 0.0231. The lowest BCUT2D eigenvalue weighted by Gasteiger charge is -2.34. The number of anilines is 1. The normalized spacial score (nSPS) is 14.9. The zero-order valence-electron chi connectivity index (χ0n) is 17.4. The maximum Gasteiger partial charge on any atom is 0.223 e. The summed E-state index contributed by atoms with van der Waals surface area (Å²) in [5, 5.41) is 0.978. The fourth-order valence-corrected chi connectivity index (χ4v) is 6.50. The van der Waals surface area contributed by atoms with Crippen molar-refractivity contribution in [2.75, 3.05) is 43.1 Å². The van der Waals surface area contributed by atoms with Gasteiger partial charge < -0.3 is 9.80 Å². The lowest BCUT2D eigenvalue weighted by molar-refractivity contribution is -0.131. The Hall–Kier alpha value is -2.10. The van der Waals surface area contributed by atoms with E-state index in [-0.39, 0.29) is 23.8 Å². The maximum absolute atomic E-state index is 12.6. The molecule has 0 atom stereocenters. The molecule has 0 spiro atoms. The zero-order valence-corrected chi connectivity index (χ0v) is 19.8. The second-order valence-corrected chi connectivity index (χ2v) is 11.6. The van der Waals surface area contributed by atoms with Gasteiger partial charge in [-0.2, -0.15) is 0 Å². The molecule has 0 saturated carbocycles. The van der Waals surface area contributed by atoms with Crippen molar-refractivity contribution < 1.29 is 13.2 Å². The van der Waals surface area contributed by atoms with Crippen LogP contribution in [0.1, 0.15) is 12.0 Å². The third kappa shape index (κ3) is 5.58. The lowest BCUT2D eigenvalue weighted by Crippen LogP contribution is -2.49. The van der Waals surface area contributed by atoms with E-state index in [0.717, 1.165) is 16.2 Å². The monoisotopic (exact) mass is 475 g/mol. The summed E-state index contributed by atoms with van der Waals surface area (Å²) in [4.78, 5) is 22.5. The first-order valence-corrected chi connectivity index (χ1v) is 14.0. The van der Waals surface area contributed by atoms with E-state index in [9.17, 15) is 13.2 Å². The molecule has 0 aliphatic carbocycles. The number of hydrogen-bond acceptors (Lipinski definition) is 7. The first-order valence-electron chi connectivity index (χ1n) is 10.2. The molecule has 9 heteroatoms. The molecule has 1 saturated heterocycles. The van der Waals surface area contributed by atoms with Gasteiger partial charge in [-0.15, -0.1) is 11.8 Å². The zero-order chi connectivity index (χ0) is 21.8. The first kappa shape index (κ1) is 22.1. The van der Waals surface area contributed by atoms with E-state index >= 15 is 0 Å². The molecule has 31 heavy (non-hydrogen) atoms. The minimum Gasteiger partial charge on any atom is -0.345 e. The molecule has 1 aliphatic rings. The number of fused-ring (bicyclic) bond motifs is 1. The highest BCUT2D eigenvalue weighted by atomic mass is 32.2. The van der Waals surface area contributed by atoms with Crippen molar-refractivity contribution >= 4 is 54.2 Å². The molecule has 1 amide bonds. The topological polar surface area (TPSA) is 70.6 Å². The number of thiazole rings is 1. The van der Waals surface area contributed by atoms with Crippen molar-refractivity contribution in [2.24, 2.45) is 0 Å². The summed E-state index contributed by atoms with van der Waals surface area (Å²) in [5.74, 6) is -0.230. The predicted octanol–water partition coefficient (Wildman–Crippen LogP) is 3.67. The molecule has 1 fully saturated rings. The number of rotatable bonds is 7. The van der Waals surface area contributed by atoms with E-state index in [0.29, 0.717) is 26.2 Å². The van der Waals surface area contributed by atoms with Crippen LogP contribution in [0, 0.1) is 0 Å². The lowest BCUT2D eigenvalue weighted by atomic mass is 10.2. The van der Waals surface area contributed by atoms with Crippen LogP contribution in [0.4, 0.5) is 5.13 Å². The van der Waals surface area contributed by atoms with Crippen molar-refractivity contribution in [3.8, 4) is 0 Å². The molecule has 4 rings (SSSR count). The van der Waals surface area contributed by atoms with Crippen LogP contribution in [-0.2, 0) is 20.4 Å². The highest BCUT2D eigenvalue weighted by Gasteiger charge is 2.24. The van der Waals surface area contributed by atoms with Crippen LogP contribution in [0.2, 0.25) is 0 Å². The largest absolute Gasteiger partial charge is 0.345 e. The summed E-state index contributed by atoms with van der Waals surface area (Å²) in [6.45, 7) is 2.59. The van der Waals surface area contributed by atoms with Gasteiger partial charge in [-0.25, -0.2) is 13.4 Å². The van der Waals surface area contributed by atoms with Gasteiger partial charge in [0.15, 0.2) is 15.0 Å². The van der Waals surface area contributed by atoms with Crippen LogP contribution in [-0.4, -0.2) is 62.4 Å². The number of benzene rings is 2. The third-order valence-electron chi connectivity index (χ3n) is 5.34. The Labute approximate surface area is 191 Å². The Morgan fingerprint density at radius 1 is 1.10 bits per heavy atom. The van der Waals surface area contributed by atoms with Gasteiger partial charge in [0, 0.05) is 37.5 Å². The average Bonchev–Trinajstić information content (AvgIpc) is 3.21. The van der Waals surface area contributed by atoms with Crippen LogP contribution < -0.4 is 4.90 Å². The van der Waals surface area contributed by atoms with Gasteiger partial charge >= 0.3 is 0 Å². The number of piperazine rings is 1. The van der Waals surface area contributed by atoms with E-state index in [1.165, 1.54) is 9.60 Å². The van der Waals surface area contributed by atoms with Crippen LogP contribution in [0.25, 0.3) is 10.2 Å². The number of hydrogen-bond donors (Lipinski definition) is 0. The second-order valence-electron chi connectivity index (χ2n) is 7.53. The number of aromatic nitrogens is 1. The molecular formula is C22H25N3O3S3. The van der Waals surface area contributed by atoms with Gasteiger partial charge in [0.25, 0.3) is 0 Å². The molecule has 0 bridgehead atoms. The Bertz CT molecular complexity index is 1150. The van der Waals surface area contributed by atoms with Crippen molar-refractivity contribution in [1.29, 1.82) is 0 Å². The van der Waals surface area contributed by atoms with E-state index in [1.807, 2.05) is 18.2 Å². The van der Waals surface area contributed by atoms with Crippen LogP contribution >= 0.6 is 23.1 Å². The number of sulfone groups is 1. The number of carbonyl (C=O) groups excluding carboxylic acids is 1. The van der Waals surface area contributed by atoms with Crippen molar-refractivity contribution in [1.82, 2.24) is 9.88 Å². The summed E-state index contributed by atoms with van der Waals surface area (Å²) in [7, 11) is -3.31. The summed E-state index contributed by atoms with van der Waals surface area (Å²) in [6, 6.07) is 15.4. The molecule has 2 heterocycles. The molecule has 1 aliphatic heterocycles. The molecule has 2 aromatic carbocycles. The Morgan fingerprint density at radius 2 is 1.84 bits per heavy atom. The minimum atomic E-state index is -3.31. The molecule has 0 N–H and O–H groups in total. The summed E-state index contributed by atoms with van der Waals surface area (Å²) in [5.41, 5.74) is 1.75. The van der Waals surface area contributed by atoms with E-state index in [1.54, 1.807) is 40.1 Å². The second kappa shape index (κ2) is 9.58. The van der Waals surface area contributed by atoms with Crippen molar-refractivity contribution in [3.63, 3.8) is 0 Å². The molecular weight excluding hydrogens is 450 g/mol. The quantitative estimate of drug-likeness (QED) is 0.486. The highest BCUT2D eigenvalue weighted by molar-refractivity contribution is 7.98. The van der Waals surface area contributed by atoms with Gasteiger partial charge in [0.2, 0.25) is 5.91 Å². The third-order valence-corrected chi connectivity index (χ3v) is 8.75. The van der Waals surface area contributed by atoms with E-state index in [2.05, 4.69) is 29.4 Å². The predicted molar refractivity (Wildman–Crippen MR) is 129 cm³/mol.